The van der Waals surface area contributed by atoms with Crippen LogP contribution in [0.25, 0.3) is 0 Å². The van der Waals surface area contributed by atoms with Crippen molar-refractivity contribution in [2.24, 2.45) is 0 Å². The van der Waals surface area contributed by atoms with Crippen LogP contribution in [0.3, 0.4) is 0 Å². The fraction of sp³-hybridized carbons (Fsp3) is 0.320. The van der Waals surface area contributed by atoms with Crippen LogP contribution >= 0.6 is 22.9 Å². The second-order valence-corrected chi connectivity index (χ2v) is 9.71. The number of rotatable bonds is 8. The largest absolute Gasteiger partial charge is 0.280 e. The molecule has 2 aromatic carbocycles. The number of benzene rings is 2. The fourth-order valence-corrected chi connectivity index (χ4v) is 5.66. The third-order valence-corrected chi connectivity index (χ3v) is 7.46. The summed E-state index contributed by atoms with van der Waals surface area (Å²) in [7, 11) is 0. The summed E-state index contributed by atoms with van der Waals surface area (Å²) in [5.41, 5.74) is 2.35. The zero-order chi connectivity index (χ0) is 21.8. The normalized spacial score (nSPS) is 15.4. The molecule has 5 nitrogen and oxygen atoms in total. The predicted octanol–water partition coefficient (Wildman–Crippen LogP) is 6.29. The maximum atomic E-state index is 6.59. The first-order valence-corrected chi connectivity index (χ1v) is 12.4. The molecule has 7 heteroatoms. The van der Waals surface area contributed by atoms with Crippen LogP contribution < -0.4 is 0 Å². The maximum Gasteiger partial charge on any atom is 0.174 e. The maximum absolute atomic E-state index is 6.59. The Morgan fingerprint density at radius 1 is 0.969 bits per heavy atom. The Balaban J connectivity index is 1.58. The summed E-state index contributed by atoms with van der Waals surface area (Å²) < 4.78 is 2.09. The van der Waals surface area contributed by atoms with E-state index in [4.69, 9.17) is 11.6 Å². The lowest BCUT2D eigenvalue weighted by molar-refractivity contribution is 0.194. The van der Waals surface area contributed by atoms with Gasteiger partial charge in [-0.05, 0) is 51.9 Å². The van der Waals surface area contributed by atoms with E-state index in [2.05, 4.69) is 79.0 Å². The molecule has 2 heterocycles. The predicted molar refractivity (Wildman–Crippen MR) is 129 cm³/mol. The molecule has 1 saturated carbocycles. The van der Waals surface area contributed by atoms with Gasteiger partial charge in [-0.2, -0.15) is 0 Å². The molecule has 5 rings (SSSR count). The molecular weight excluding hydrogens is 438 g/mol. The summed E-state index contributed by atoms with van der Waals surface area (Å²) >= 11 is 8.34. The quantitative estimate of drug-likeness (QED) is 0.308. The average molecular weight is 464 g/mol. The molecule has 1 fully saturated rings. The average Bonchev–Trinajstić information content (AvgIpc) is 3.59. The molecule has 1 aliphatic carbocycles. The first kappa shape index (κ1) is 21.3. The van der Waals surface area contributed by atoms with Gasteiger partial charge in [-0.3, -0.25) is 4.90 Å². The van der Waals surface area contributed by atoms with E-state index in [0.717, 1.165) is 35.8 Å². The van der Waals surface area contributed by atoms with Crippen molar-refractivity contribution in [2.45, 2.75) is 50.9 Å². The first-order valence-electron chi connectivity index (χ1n) is 11.1. The number of aromatic nitrogens is 4. The molecule has 0 amide bonds. The van der Waals surface area contributed by atoms with Crippen LogP contribution in [-0.2, 0) is 13.1 Å². The molecule has 0 saturated heterocycles. The van der Waals surface area contributed by atoms with Gasteiger partial charge in [-0.15, -0.1) is 16.4 Å². The minimum Gasteiger partial charge on any atom is -0.280 e. The van der Waals surface area contributed by atoms with Crippen molar-refractivity contribution in [3.63, 3.8) is 0 Å². The van der Waals surface area contributed by atoms with Crippen LogP contribution in [0, 0.1) is 0 Å². The second-order valence-electron chi connectivity index (χ2n) is 8.32. The summed E-state index contributed by atoms with van der Waals surface area (Å²) in [6.07, 6.45) is 4.75. The molecule has 2 aromatic heterocycles. The molecule has 1 aliphatic rings. The van der Waals surface area contributed by atoms with Crippen molar-refractivity contribution in [3.05, 3.63) is 99.0 Å². The number of halogens is 1. The third kappa shape index (κ3) is 4.63. The van der Waals surface area contributed by atoms with Gasteiger partial charge in [0.1, 0.15) is 6.04 Å². The lowest BCUT2D eigenvalue weighted by Crippen LogP contribution is -2.31. The number of nitrogens with zero attached hydrogens (tertiary/aromatic N) is 5. The third-order valence-electron chi connectivity index (χ3n) is 6.17. The van der Waals surface area contributed by atoms with Crippen LogP contribution in [0.5, 0.6) is 0 Å². The highest BCUT2D eigenvalue weighted by atomic mass is 35.5. The van der Waals surface area contributed by atoms with Crippen molar-refractivity contribution in [3.8, 4) is 0 Å². The Hall–Kier alpha value is -2.54. The molecule has 0 spiro atoms. The summed E-state index contributed by atoms with van der Waals surface area (Å²) in [4.78, 5) is 3.68. The van der Waals surface area contributed by atoms with Crippen molar-refractivity contribution < 1.29 is 0 Å². The summed E-state index contributed by atoms with van der Waals surface area (Å²) in [6.45, 7) is 1.47. The lowest BCUT2D eigenvalue weighted by atomic mass is 10.1. The van der Waals surface area contributed by atoms with Crippen LogP contribution in [0.15, 0.2) is 72.1 Å². The van der Waals surface area contributed by atoms with E-state index in [1.165, 1.54) is 23.3 Å². The summed E-state index contributed by atoms with van der Waals surface area (Å²) in [5.74, 6) is 0.919. The van der Waals surface area contributed by atoms with E-state index < -0.39 is 0 Å². The zero-order valence-electron chi connectivity index (χ0n) is 17.8. The minimum atomic E-state index is -0.0536. The lowest BCUT2D eigenvalue weighted by Gasteiger charge is -2.31. The number of hydrogen-bond acceptors (Lipinski definition) is 5. The standard InChI is InChI=1S/C25H26ClN5S/c26-22-14-7-4-11-20(22)18-30(17-19-9-2-1-3-10-19)24(23-15-8-16-32-23)25-27-28-29-31(25)21-12-5-6-13-21/h1-4,7-11,14-16,21,24H,5-6,12-13,17-18H2/t24-/m1/s1. The molecule has 0 unspecified atom stereocenters. The second kappa shape index (κ2) is 9.94. The Labute approximate surface area is 197 Å². The first-order chi connectivity index (χ1) is 15.8. The van der Waals surface area contributed by atoms with Gasteiger partial charge in [0.05, 0.1) is 6.04 Å². The molecule has 1 atom stereocenters. The van der Waals surface area contributed by atoms with Gasteiger partial charge in [-0.1, -0.05) is 79.0 Å². The van der Waals surface area contributed by atoms with Crippen molar-refractivity contribution in [1.82, 2.24) is 25.1 Å². The van der Waals surface area contributed by atoms with Gasteiger partial charge < -0.3 is 0 Å². The monoisotopic (exact) mass is 463 g/mol. The highest BCUT2D eigenvalue weighted by molar-refractivity contribution is 7.10. The van der Waals surface area contributed by atoms with Gasteiger partial charge in [0, 0.05) is 23.0 Å². The summed E-state index contributed by atoms with van der Waals surface area (Å²) in [5, 5.41) is 16.1. The van der Waals surface area contributed by atoms with Gasteiger partial charge in [0.2, 0.25) is 0 Å². The Morgan fingerprint density at radius 3 is 2.50 bits per heavy atom. The molecular formula is C25H26ClN5S. The fourth-order valence-electron chi connectivity index (χ4n) is 4.61. The zero-order valence-corrected chi connectivity index (χ0v) is 19.4. The molecule has 0 radical (unpaired) electrons. The molecule has 0 N–H and O–H groups in total. The van der Waals surface area contributed by atoms with E-state index in [9.17, 15) is 0 Å². The molecule has 4 aromatic rings. The topological polar surface area (TPSA) is 46.8 Å². The number of tetrazole rings is 1. The number of hydrogen-bond donors (Lipinski definition) is 0. The van der Waals surface area contributed by atoms with E-state index in [1.807, 2.05) is 18.2 Å². The van der Waals surface area contributed by atoms with E-state index in [1.54, 1.807) is 11.3 Å². The van der Waals surface area contributed by atoms with Crippen LogP contribution in [0.1, 0.15) is 59.6 Å². The highest BCUT2D eigenvalue weighted by Crippen LogP contribution is 2.37. The smallest absolute Gasteiger partial charge is 0.174 e. The molecule has 164 valence electrons. The van der Waals surface area contributed by atoms with Gasteiger partial charge in [0.15, 0.2) is 5.82 Å². The van der Waals surface area contributed by atoms with Gasteiger partial charge in [-0.25, -0.2) is 4.68 Å². The van der Waals surface area contributed by atoms with Crippen LogP contribution in [-0.4, -0.2) is 25.1 Å². The Morgan fingerprint density at radius 2 is 1.75 bits per heavy atom. The number of thiophene rings is 1. The SMILES string of the molecule is Clc1ccccc1CN(Cc1ccccc1)[C@H](c1cccs1)c1nnnn1C1CCCC1. The van der Waals surface area contributed by atoms with Crippen molar-refractivity contribution in [1.29, 1.82) is 0 Å². The summed E-state index contributed by atoms with van der Waals surface area (Å²) in [6, 6.07) is 23.3. The van der Waals surface area contributed by atoms with Gasteiger partial charge >= 0.3 is 0 Å². The highest BCUT2D eigenvalue weighted by Gasteiger charge is 2.32. The van der Waals surface area contributed by atoms with Crippen LogP contribution in [0.2, 0.25) is 5.02 Å². The Kier molecular flexibility index (Phi) is 6.62. The molecule has 0 bridgehead atoms. The Bertz CT molecular complexity index is 1120. The van der Waals surface area contributed by atoms with E-state index in [0.29, 0.717) is 12.6 Å². The van der Waals surface area contributed by atoms with Crippen LogP contribution in [0.4, 0.5) is 0 Å². The molecule has 32 heavy (non-hydrogen) atoms. The minimum absolute atomic E-state index is 0.0536. The van der Waals surface area contributed by atoms with Gasteiger partial charge in [0.25, 0.3) is 0 Å². The van der Waals surface area contributed by atoms with Crippen molar-refractivity contribution >= 4 is 22.9 Å². The van der Waals surface area contributed by atoms with Crippen molar-refractivity contribution in [2.75, 3.05) is 0 Å². The van der Waals surface area contributed by atoms with E-state index >= 15 is 0 Å². The van der Waals surface area contributed by atoms with E-state index in [-0.39, 0.29) is 6.04 Å². The molecule has 0 aliphatic heterocycles.